The van der Waals surface area contributed by atoms with Crippen LogP contribution in [0.1, 0.15) is 24.0 Å². The first-order chi connectivity index (χ1) is 9.67. The zero-order chi connectivity index (χ0) is 14.4. The molecule has 0 saturated carbocycles. The van der Waals surface area contributed by atoms with Crippen LogP contribution >= 0.6 is 12.4 Å². The molecule has 0 aromatic heterocycles. The van der Waals surface area contributed by atoms with Gasteiger partial charge in [0.2, 0.25) is 5.91 Å². The number of aryl methyl sites for hydroxylation is 1. The lowest BCUT2D eigenvalue weighted by molar-refractivity contribution is -0.122. The third-order valence-electron chi connectivity index (χ3n) is 3.91. The smallest absolute Gasteiger partial charge is 0.234 e. The first kappa shape index (κ1) is 18.0. The number of nitrogens with zero attached hydrogens (tertiary/aromatic N) is 1. The average Bonchev–Trinajstić information content (AvgIpc) is 2.47. The Morgan fingerprint density at radius 3 is 2.76 bits per heavy atom. The van der Waals surface area contributed by atoms with Gasteiger partial charge in [0.15, 0.2) is 0 Å². The Kier molecular flexibility index (Phi) is 7.72. The number of halogens is 1. The number of nitrogens with two attached hydrogens (primary N) is 1. The van der Waals surface area contributed by atoms with E-state index >= 15 is 0 Å². The molecule has 1 aliphatic heterocycles. The Bertz CT molecular complexity index is 436. The largest absolute Gasteiger partial charge is 0.351 e. The van der Waals surface area contributed by atoms with Crippen molar-refractivity contribution in [3.8, 4) is 0 Å². The topological polar surface area (TPSA) is 58.4 Å². The third-order valence-corrected chi connectivity index (χ3v) is 3.91. The summed E-state index contributed by atoms with van der Waals surface area (Å²) in [6, 6.07) is 8.25. The Morgan fingerprint density at radius 1 is 1.38 bits per heavy atom. The number of nitrogens with one attached hydrogen (secondary N) is 1. The van der Waals surface area contributed by atoms with Gasteiger partial charge in [-0.25, -0.2) is 0 Å². The fraction of sp³-hybridized carbons (Fsp3) is 0.562. The predicted octanol–water partition coefficient (Wildman–Crippen LogP) is 1.70. The van der Waals surface area contributed by atoms with E-state index in [9.17, 15) is 4.79 Å². The quantitative estimate of drug-likeness (QED) is 0.870. The highest BCUT2D eigenvalue weighted by atomic mass is 35.5. The number of rotatable bonds is 5. The summed E-state index contributed by atoms with van der Waals surface area (Å²) < 4.78 is 0. The van der Waals surface area contributed by atoms with Gasteiger partial charge in [0.25, 0.3) is 0 Å². The van der Waals surface area contributed by atoms with Crippen molar-refractivity contribution in [2.24, 2.45) is 11.7 Å². The van der Waals surface area contributed by atoms with Gasteiger partial charge in [-0.2, -0.15) is 0 Å². The molecular weight excluding hydrogens is 286 g/mol. The van der Waals surface area contributed by atoms with Crippen molar-refractivity contribution in [3.05, 3.63) is 35.4 Å². The zero-order valence-corrected chi connectivity index (χ0v) is 13.5. The van der Waals surface area contributed by atoms with Crippen molar-refractivity contribution in [2.75, 3.05) is 26.2 Å². The second kappa shape index (κ2) is 9.03. The molecule has 0 radical (unpaired) electrons. The van der Waals surface area contributed by atoms with E-state index < -0.39 is 0 Å². The van der Waals surface area contributed by atoms with Crippen molar-refractivity contribution in [3.63, 3.8) is 0 Å². The van der Waals surface area contributed by atoms with Crippen LogP contribution in [-0.4, -0.2) is 37.0 Å². The van der Waals surface area contributed by atoms with Crippen LogP contribution in [0, 0.1) is 12.8 Å². The van der Waals surface area contributed by atoms with Gasteiger partial charge in [-0.3, -0.25) is 9.69 Å². The SMILES string of the molecule is Cc1ccc(CNC(=O)CN2CCCC(CN)C2)cc1.Cl. The number of amides is 1. The van der Waals surface area contributed by atoms with Gasteiger partial charge in [0, 0.05) is 13.1 Å². The van der Waals surface area contributed by atoms with Gasteiger partial charge in [0.1, 0.15) is 0 Å². The van der Waals surface area contributed by atoms with Crippen LogP contribution in [0.3, 0.4) is 0 Å². The fourth-order valence-electron chi connectivity index (χ4n) is 2.65. The first-order valence-corrected chi connectivity index (χ1v) is 7.42. The van der Waals surface area contributed by atoms with Crippen molar-refractivity contribution >= 4 is 18.3 Å². The molecule has 1 heterocycles. The molecule has 3 N–H and O–H groups in total. The minimum atomic E-state index is 0. The van der Waals surface area contributed by atoms with Crippen LogP contribution in [0.4, 0.5) is 0 Å². The van der Waals surface area contributed by atoms with Crippen LogP contribution in [0.5, 0.6) is 0 Å². The molecule has 1 saturated heterocycles. The molecule has 1 atom stereocenters. The highest BCUT2D eigenvalue weighted by molar-refractivity contribution is 5.85. The molecule has 4 nitrogen and oxygen atoms in total. The molecule has 1 aromatic carbocycles. The highest BCUT2D eigenvalue weighted by Crippen LogP contribution is 2.14. The van der Waals surface area contributed by atoms with Crippen LogP contribution in [-0.2, 0) is 11.3 Å². The maximum Gasteiger partial charge on any atom is 0.234 e. The number of piperidine rings is 1. The van der Waals surface area contributed by atoms with Gasteiger partial charge < -0.3 is 11.1 Å². The monoisotopic (exact) mass is 311 g/mol. The maximum atomic E-state index is 12.0. The van der Waals surface area contributed by atoms with E-state index in [4.69, 9.17) is 5.73 Å². The molecule has 2 rings (SSSR count). The number of benzene rings is 1. The van der Waals surface area contributed by atoms with E-state index in [1.807, 2.05) is 0 Å². The normalized spacial score (nSPS) is 18.9. The van der Waals surface area contributed by atoms with E-state index in [1.54, 1.807) is 0 Å². The summed E-state index contributed by atoms with van der Waals surface area (Å²) in [6.45, 7) is 5.84. The van der Waals surface area contributed by atoms with Gasteiger partial charge >= 0.3 is 0 Å². The molecule has 0 spiro atoms. The van der Waals surface area contributed by atoms with E-state index in [0.29, 0.717) is 19.0 Å². The highest BCUT2D eigenvalue weighted by Gasteiger charge is 2.20. The van der Waals surface area contributed by atoms with E-state index in [0.717, 1.165) is 31.6 Å². The second-order valence-electron chi connectivity index (χ2n) is 5.74. The standard InChI is InChI=1S/C16H25N3O.ClH/c1-13-4-6-14(7-5-13)10-18-16(20)12-19-8-2-3-15(9-17)11-19;/h4-7,15H,2-3,8-12,17H2,1H3,(H,18,20);1H. The van der Waals surface area contributed by atoms with Crippen LogP contribution < -0.4 is 11.1 Å². The Labute approximate surface area is 133 Å². The summed E-state index contributed by atoms with van der Waals surface area (Å²) in [5, 5.41) is 2.99. The molecular formula is C16H26ClN3O. The molecule has 0 aliphatic carbocycles. The van der Waals surface area contributed by atoms with Crippen molar-refractivity contribution < 1.29 is 4.79 Å². The van der Waals surface area contributed by atoms with E-state index in [-0.39, 0.29) is 18.3 Å². The van der Waals surface area contributed by atoms with E-state index in [1.165, 1.54) is 12.0 Å². The molecule has 1 aliphatic rings. The number of carbonyl (C=O) groups is 1. The van der Waals surface area contributed by atoms with Crippen LogP contribution in [0.2, 0.25) is 0 Å². The lowest BCUT2D eigenvalue weighted by Gasteiger charge is -2.31. The summed E-state index contributed by atoms with van der Waals surface area (Å²) in [4.78, 5) is 14.2. The number of carbonyl (C=O) groups excluding carboxylic acids is 1. The summed E-state index contributed by atoms with van der Waals surface area (Å²) >= 11 is 0. The first-order valence-electron chi connectivity index (χ1n) is 7.42. The predicted molar refractivity (Wildman–Crippen MR) is 88.5 cm³/mol. The number of hydrogen-bond acceptors (Lipinski definition) is 3. The summed E-state index contributed by atoms with van der Waals surface area (Å²) in [6.07, 6.45) is 2.34. The Morgan fingerprint density at radius 2 is 2.10 bits per heavy atom. The van der Waals surface area contributed by atoms with Gasteiger partial charge in [-0.05, 0) is 44.3 Å². The summed E-state index contributed by atoms with van der Waals surface area (Å²) in [7, 11) is 0. The fourth-order valence-corrected chi connectivity index (χ4v) is 2.65. The molecule has 1 aromatic rings. The molecule has 118 valence electrons. The lowest BCUT2D eigenvalue weighted by atomic mass is 9.98. The van der Waals surface area contributed by atoms with Gasteiger partial charge in [-0.1, -0.05) is 29.8 Å². The van der Waals surface area contributed by atoms with Gasteiger partial charge in [-0.15, -0.1) is 12.4 Å². The maximum absolute atomic E-state index is 12.0. The Hall–Kier alpha value is -1.10. The van der Waals surface area contributed by atoms with Crippen molar-refractivity contribution in [2.45, 2.75) is 26.3 Å². The minimum absolute atomic E-state index is 0. The molecule has 0 bridgehead atoms. The van der Waals surface area contributed by atoms with Crippen molar-refractivity contribution in [1.29, 1.82) is 0 Å². The van der Waals surface area contributed by atoms with Crippen LogP contribution in [0.25, 0.3) is 0 Å². The lowest BCUT2D eigenvalue weighted by Crippen LogP contribution is -2.43. The van der Waals surface area contributed by atoms with Crippen LogP contribution in [0.15, 0.2) is 24.3 Å². The third kappa shape index (κ3) is 6.04. The second-order valence-corrected chi connectivity index (χ2v) is 5.74. The van der Waals surface area contributed by atoms with E-state index in [2.05, 4.69) is 41.4 Å². The molecule has 1 fully saturated rings. The summed E-state index contributed by atoms with van der Waals surface area (Å²) in [5.41, 5.74) is 8.09. The summed E-state index contributed by atoms with van der Waals surface area (Å²) in [5.74, 6) is 0.650. The number of likely N-dealkylation sites (tertiary alicyclic amines) is 1. The van der Waals surface area contributed by atoms with Crippen molar-refractivity contribution in [1.82, 2.24) is 10.2 Å². The molecule has 1 amide bonds. The molecule has 5 heteroatoms. The minimum Gasteiger partial charge on any atom is -0.351 e. The molecule has 1 unspecified atom stereocenters. The van der Waals surface area contributed by atoms with Gasteiger partial charge in [0.05, 0.1) is 6.54 Å². The molecule has 21 heavy (non-hydrogen) atoms. The average molecular weight is 312 g/mol. The Balaban J connectivity index is 0.00000220. The number of hydrogen-bond donors (Lipinski definition) is 2. The zero-order valence-electron chi connectivity index (χ0n) is 12.7.